The summed E-state index contributed by atoms with van der Waals surface area (Å²) in [6.45, 7) is 5.33. The van der Waals surface area contributed by atoms with E-state index in [1.165, 1.54) is 4.31 Å². The van der Waals surface area contributed by atoms with Crippen LogP contribution in [0.25, 0.3) is 0 Å². The maximum absolute atomic E-state index is 14.8. The SMILES string of the molecule is Cc1ccc(S(=O)(=O)N(CC(=O)N(Cc2cccc(Br)c2)[C@@H](Cc2ccccc2)C(=O)NC2CCCCC2)c2cccc(C)c2C)cc1. The summed E-state index contributed by atoms with van der Waals surface area (Å²) in [5, 5.41) is 3.26. The Morgan fingerprint density at radius 1 is 0.833 bits per heavy atom. The molecule has 0 aromatic heterocycles. The first-order valence-electron chi connectivity index (χ1n) is 16.6. The lowest BCUT2D eigenvalue weighted by Crippen LogP contribution is -2.55. The number of carbonyl (C=O) groups is 2. The van der Waals surface area contributed by atoms with Crippen molar-refractivity contribution in [1.29, 1.82) is 0 Å². The van der Waals surface area contributed by atoms with Gasteiger partial charge in [0.05, 0.1) is 10.6 Å². The molecule has 1 atom stereocenters. The van der Waals surface area contributed by atoms with Crippen molar-refractivity contribution in [3.63, 3.8) is 0 Å². The Morgan fingerprint density at radius 3 is 2.19 bits per heavy atom. The zero-order valence-electron chi connectivity index (χ0n) is 27.9. The number of amides is 2. The molecular formula is C39H44BrN3O4S. The molecule has 5 rings (SSSR count). The highest BCUT2D eigenvalue weighted by atomic mass is 79.9. The molecule has 1 N–H and O–H groups in total. The number of halogens is 1. The average molecular weight is 731 g/mol. The smallest absolute Gasteiger partial charge is 0.264 e. The van der Waals surface area contributed by atoms with Crippen molar-refractivity contribution in [2.24, 2.45) is 0 Å². The highest BCUT2D eigenvalue weighted by molar-refractivity contribution is 9.10. The fourth-order valence-corrected chi connectivity index (χ4v) is 8.21. The number of rotatable bonds is 12. The number of anilines is 1. The minimum atomic E-state index is -4.17. The van der Waals surface area contributed by atoms with Gasteiger partial charge in [-0.15, -0.1) is 0 Å². The summed E-state index contributed by atoms with van der Waals surface area (Å²) in [4.78, 5) is 30.7. The van der Waals surface area contributed by atoms with E-state index in [1.807, 2.05) is 81.4 Å². The maximum Gasteiger partial charge on any atom is 0.264 e. The molecule has 4 aromatic carbocycles. The van der Waals surface area contributed by atoms with E-state index in [1.54, 1.807) is 41.3 Å². The van der Waals surface area contributed by atoms with Crippen molar-refractivity contribution < 1.29 is 18.0 Å². The first kappa shape index (κ1) is 35.4. The lowest BCUT2D eigenvalue weighted by atomic mass is 9.94. The van der Waals surface area contributed by atoms with E-state index in [0.717, 1.165) is 64.4 Å². The second kappa shape index (κ2) is 16.0. The van der Waals surface area contributed by atoms with Crippen LogP contribution >= 0.6 is 15.9 Å². The van der Waals surface area contributed by atoms with Gasteiger partial charge < -0.3 is 10.2 Å². The predicted octanol–water partition coefficient (Wildman–Crippen LogP) is 7.66. The minimum Gasteiger partial charge on any atom is -0.352 e. The van der Waals surface area contributed by atoms with Gasteiger partial charge in [-0.1, -0.05) is 107 Å². The molecule has 0 saturated heterocycles. The molecule has 0 aliphatic heterocycles. The topological polar surface area (TPSA) is 86.8 Å². The first-order valence-corrected chi connectivity index (χ1v) is 18.8. The zero-order valence-corrected chi connectivity index (χ0v) is 30.3. The molecule has 0 spiro atoms. The van der Waals surface area contributed by atoms with Gasteiger partial charge in [0.25, 0.3) is 10.0 Å². The summed E-state index contributed by atoms with van der Waals surface area (Å²) >= 11 is 3.55. The normalized spacial score (nSPS) is 14.2. The van der Waals surface area contributed by atoms with Gasteiger partial charge in [-0.2, -0.15) is 0 Å². The lowest BCUT2D eigenvalue weighted by Gasteiger charge is -2.35. The van der Waals surface area contributed by atoms with Crippen molar-refractivity contribution >= 4 is 43.5 Å². The molecule has 0 radical (unpaired) electrons. The fourth-order valence-electron chi connectivity index (χ4n) is 6.29. The van der Waals surface area contributed by atoms with Gasteiger partial charge >= 0.3 is 0 Å². The molecule has 1 saturated carbocycles. The van der Waals surface area contributed by atoms with E-state index in [9.17, 15) is 18.0 Å². The van der Waals surface area contributed by atoms with Crippen LogP contribution < -0.4 is 9.62 Å². The zero-order chi connectivity index (χ0) is 34.3. The third-order valence-electron chi connectivity index (χ3n) is 9.20. The highest BCUT2D eigenvalue weighted by Gasteiger charge is 2.36. The van der Waals surface area contributed by atoms with Gasteiger partial charge in [-0.25, -0.2) is 8.42 Å². The number of hydrogen-bond donors (Lipinski definition) is 1. The molecule has 0 heterocycles. The number of nitrogens with one attached hydrogen (secondary N) is 1. The molecule has 0 unspecified atom stereocenters. The molecule has 0 bridgehead atoms. The monoisotopic (exact) mass is 729 g/mol. The van der Waals surface area contributed by atoms with Gasteiger partial charge in [-0.3, -0.25) is 13.9 Å². The second-order valence-corrected chi connectivity index (χ2v) is 15.5. The van der Waals surface area contributed by atoms with Crippen LogP contribution in [0, 0.1) is 20.8 Å². The highest BCUT2D eigenvalue weighted by Crippen LogP contribution is 2.30. The van der Waals surface area contributed by atoms with Crippen LogP contribution in [0.2, 0.25) is 0 Å². The third kappa shape index (κ3) is 8.74. The van der Waals surface area contributed by atoms with Gasteiger partial charge in [0.1, 0.15) is 12.6 Å². The summed E-state index contributed by atoms with van der Waals surface area (Å²) in [5.74, 6) is -0.694. The quantitative estimate of drug-likeness (QED) is 0.162. The number of hydrogen-bond acceptors (Lipinski definition) is 4. The Morgan fingerprint density at radius 2 is 1.50 bits per heavy atom. The van der Waals surface area contributed by atoms with E-state index in [4.69, 9.17) is 0 Å². The van der Waals surface area contributed by atoms with Crippen LogP contribution in [0.5, 0.6) is 0 Å². The van der Waals surface area contributed by atoms with Crippen LogP contribution in [0.4, 0.5) is 5.69 Å². The molecule has 48 heavy (non-hydrogen) atoms. The molecule has 4 aromatic rings. The van der Waals surface area contributed by atoms with E-state index < -0.39 is 28.5 Å². The van der Waals surface area contributed by atoms with Crippen molar-refractivity contribution in [2.45, 2.75) is 82.8 Å². The van der Waals surface area contributed by atoms with Crippen molar-refractivity contribution in [3.05, 3.63) is 129 Å². The van der Waals surface area contributed by atoms with Crippen molar-refractivity contribution in [1.82, 2.24) is 10.2 Å². The molecule has 9 heteroatoms. The molecule has 1 aliphatic rings. The maximum atomic E-state index is 14.8. The largest absolute Gasteiger partial charge is 0.352 e. The van der Waals surface area contributed by atoms with Gasteiger partial charge in [-0.05, 0) is 86.2 Å². The summed E-state index contributed by atoms with van der Waals surface area (Å²) < 4.78 is 30.8. The van der Waals surface area contributed by atoms with E-state index in [-0.39, 0.29) is 29.8 Å². The molecule has 1 fully saturated rings. The Bertz CT molecular complexity index is 1820. The van der Waals surface area contributed by atoms with Gasteiger partial charge in [0, 0.05) is 23.5 Å². The standard InChI is InChI=1S/C39H44BrN3O4S/c1-28-20-22-35(23-21-28)48(46,47)43(36-19-10-12-29(2)30(36)3)27-38(44)42(26-32-15-11-16-33(40)24-32)37(25-31-13-6-4-7-14-31)39(45)41-34-17-8-5-9-18-34/h4,6-7,10-16,19-24,34,37H,5,8-9,17-18,25-27H2,1-3H3,(H,41,45)/t37-/m0/s1. The summed E-state index contributed by atoms with van der Waals surface area (Å²) in [7, 11) is -4.17. The summed E-state index contributed by atoms with van der Waals surface area (Å²) in [6.07, 6.45) is 5.34. The Kier molecular flexibility index (Phi) is 11.8. The third-order valence-corrected chi connectivity index (χ3v) is 11.5. The van der Waals surface area contributed by atoms with Crippen LogP contribution in [-0.4, -0.2) is 43.8 Å². The Balaban J connectivity index is 1.59. The average Bonchev–Trinajstić information content (AvgIpc) is 3.07. The first-order chi connectivity index (χ1) is 23.0. The number of sulfonamides is 1. The van der Waals surface area contributed by atoms with E-state index >= 15 is 0 Å². The van der Waals surface area contributed by atoms with Crippen LogP contribution in [0.3, 0.4) is 0 Å². The number of aryl methyl sites for hydroxylation is 2. The van der Waals surface area contributed by atoms with Crippen LogP contribution in [-0.2, 0) is 32.6 Å². The minimum absolute atomic E-state index is 0.0423. The van der Waals surface area contributed by atoms with E-state index in [2.05, 4.69) is 21.2 Å². The van der Waals surface area contributed by atoms with Crippen LogP contribution in [0.1, 0.15) is 59.9 Å². The lowest BCUT2D eigenvalue weighted by molar-refractivity contribution is -0.140. The van der Waals surface area contributed by atoms with E-state index in [0.29, 0.717) is 5.69 Å². The van der Waals surface area contributed by atoms with Crippen LogP contribution in [0.15, 0.2) is 106 Å². The van der Waals surface area contributed by atoms with Crippen molar-refractivity contribution in [2.75, 3.05) is 10.8 Å². The number of nitrogens with zero attached hydrogens (tertiary/aromatic N) is 2. The van der Waals surface area contributed by atoms with Gasteiger partial charge in [0.2, 0.25) is 11.8 Å². The molecular weight excluding hydrogens is 686 g/mol. The molecule has 1 aliphatic carbocycles. The molecule has 7 nitrogen and oxygen atoms in total. The van der Waals surface area contributed by atoms with Crippen molar-refractivity contribution in [3.8, 4) is 0 Å². The summed E-state index contributed by atoms with van der Waals surface area (Å²) in [5.41, 5.74) is 4.75. The van der Waals surface area contributed by atoms with Gasteiger partial charge in [0.15, 0.2) is 0 Å². The predicted molar refractivity (Wildman–Crippen MR) is 195 cm³/mol. The number of benzene rings is 4. The second-order valence-electron chi connectivity index (χ2n) is 12.7. The number of carbonyl (C=O) groups excluding carboxylic acids is 2. The molecule has 2 amide bonds. The Hall–Kier alpha value is -3.95. The fraction of sp³-hybridized carbons (Fsp3) is 0.333. The molecule has 252 valence electrons. The Labute approximate surface area is 293 Å². The summed E-state index contributed by atoms with van der Waals surface area (Å²) in [6, 6.07) is 28.6.